The monoisotopic (exact) mass is 327 g/mol. The van der Waals surface area contributed by atoms with E-state index in [4.69, 9.17) is 11.6 Å². The van der Waals surface area contributed by atoms with Gasteiger partial charge in [0, 0.05) is 22.7 Å². The molecule has 0 saturated carbocycles. The van der Waals surface area contributed by atoms with Crippen molar-refractivity contribution in [3.63, 3.8) is 0 Å². The first kappa shape index (κ1) is 15.6. The number of nitrogens with one attached hydrogen (secondary N) is 2. The Labute approximate surface area is 139 Å². The smallest absolute Gasteiger partial charge is 0.251 e. The summed E-state index contributed by atoms with van der Waals surface area (Å²) in [5.74, 6) is 0.724. The standard InChI is InChI=1S/C18H18ClN3O/c1-2-3-10-20-18(23)13-6-4-12(5-7-13)17-21-15-9-8-14(19)11-16(15)22-17/h4-9,11H,2-3,10H2,1H3,(H,20,23)(H,21,22). The fourth-order valence-electron chi connectivity index (χ4n) is 2.38. The normalized spacial score (nSPS) is 10.9. The highest BCUT2D eigenvalue weighted by atomic mass is 35.5. The Kier molecular flexibility index (Phi) is 4.63. The fourth-order valence-corrected chi connectivity index (χ4v) is 2.55. The molecule has 5 heteroatoms. The van der Waals surface area contributed by atoms with Crippen LogP contribution in [0.5, 0.6) is 0 Å². The SMILES string of the molecule is CCCCNC(=O)c1ccc(-c2nc3ccc(Cl)cc3[nH]2)cc1. The molecule has 0 bridgehead atoms. The van der Waals surface area contributed by atoms with Crippen LogP contribution in [0.3, 0.4) is 0 Å². The molecule has 3 aromatic rings. The van der Waals surface area contributed by atoms with E-state index < -0.39 is 0 Å². The van der Waals surface area contributed by atoms with Crippen molar-refractivity contribution in [2.45, 2.75) is 19.8 Å². The minimum Gasteiger partial charge on any atom is -0.352 e. The van der Waals surface area contributed by atoms with E-state index in [2.05, 4.69) is 22.2 Å². The zero-order valence-electron chi connectivity index (χ0n) is 12.9. The van der Waals surface area contributed by atoms with E-state index in [-0.39, 0.29) is 5.91 Å². The van der Waals surface area contributed by atoms with E-state index >= 15 is 0 Å². The molecule has 0 aliphatic rings. The second kappa shape index (κ2) is 6.84. The predicted molar refractivity (Wildman–Crippen MR) is 93.8 cm³/mol. The number of halogens is 1. The number of fused-ring (bicyclic) bond motifs is 1. The van der Waals surface area contributed by atoms with E-state index in [0.29, 0.717) is 17.1 Å². The third-order valence-electron chi connectivity index (χ3n) is 3.68. The van der Waals surface area contributed by atoms with Crippen molar-refractivity contribution in [2.24, 2.45) is 0 Å². The van der Waals surface area contributed by atoms with Gasteiger partial charge in [0.2, 0.25) is 0 Å². The van der Waals surface area contributed by atoms with Gasteiger partial charge in [-0.1, -0.05) is 37.1 Å². The average Bonchev–Trinajstić information content (AvgIpc) is 2.98. The molecule has 0 aliphatic heterocycles. The molecule has 2 aromatic carbocycles. The molecule has 23 heavy (non-hydrogen) atoms. The Bertz CT molecular complexity index is 824. The lowest BCUT2D eigenvalue weighted by Crippen LogP contribution is -2.24. The first-order chi connectivity index (χ1) is 11.2. The first-order valence-electron chi connectivity index (χ1n) is 7.71. The van der Waals surface area contributed by atoms with Crippen LogP contribution in [0.2, 0.25) is 5.02 Å². The van der Waals surface area contributed by atoms with Gasteiger partial charge in [0.05, 0.1) is 11.0 Å². The lowest BCUT2D eigenvalue weighted by atomic mass is 10.1. The highest BCUT2D eigenvalue weighted by Crippen LogP contribution is 2.23. The van der Waals surface area contributed by atoms with Gasteiger partial charge in [-0.2, -0.15) is 0 Å². The van der Waals surface area contributed by atoms with E-state index in [1.165, 1.54) is 0 Å². The number of amides is 1. The molecule has 1 amide bonds. The lowest BCUT2D eigenvalue weighted by Gasteiger charge is -2.04. The third-order valence-corrected chi connectivity index (χ3v) is 3.92. The van der Waals surface area contributed by atoms with Crippen LogP contribution in [0.4, 0.5) is 0 Å². The molecule has 1 aromatic heterocycles. The molecule has 0 spiro atoms. The van der Waals surface area contributed by atoms with Gasteiger partial charge >= 0.3 is 0 Å². The summed E-state index contributed by atoms with van der Waals surface area (Å²) >= 11 is 5.99. The molecule has 0 unspecified atom stereocenters. The Hall–Kier alpha value is -2.33. The van der Waals surface area contributed by atoms with Crippen LogP contribution >= 0.6 is 11.6 Å². The number of aromatic amines is 1. The number of hydrogen-bond acceptors (Lipinski definition) is 2. The van der Waals surface area contributed by atoms with Gasteiger partial charge in [-0.3, -0.25) is 4.79 Å². The van der Waals surface area contributed by atoms with Crippen LogP contribution in [0.25, 0.3) is 22.4 Å². The van der Waals surface area contributed by atoms with Crippen LogP contribution in [0.15, 0.2) is 42.5 Å². The molecular weight excluding hydrogens is 310 g/mol. The molecule has 1 heterocycles. The molecule has 3 rings (SSSR count). The number of hydrogen-bond donors (Lipinski definition) is 2. The number of H-pyrrole nitrogens is 1. The van der Waals surface area contributed by atoms with E-state index in [1.807, 2.05) is 42.5 Å². The van der Waals surface area contributed by atoms with Crippen molar-refractivity contribution in [3.8, 4) is 11.4 Å². The number of carbonyl (C=O) groups excluding carboxylic acids is 1. The maximum Gasteiger partial charge on any atom is 0.251 e. The van der Waals surface area contributed by atoms with Crippen molar-refractivity contribution >= 4 is 28.5 Å². The van der Waals surface area contributed by atoms with Crippen molar-refractivity contribution < 1.29 is 4.79 Å². The predicted octanol–water partition coefficient (Wildman–Crippen LogP) is 4.41. The number of carbonyl (C=O) groups is 1. The average molecular weight is 328 g/mol. The quantitative estimate of drug-likeness (QED) is 0.682. The van der Waals surface area contributed by atoms with Crippen LogP contribution < -0.4 is 5.32 Å². The number of benzene rings is 2. The van der Waals surface area contributed by atoms with Gasteiger partial charge in [-0.25, -0.2) is 4.98 Å². The molecule has 0 fully saturated rings. The molecule has 0 atom stereocenters. The van der Waals surface area contributed by atoms with Gasteiger partial charge in [0.1, 0.15) is 5.82 Å². The van der Waals surface area contributed by atoms with E-state index in [0.717, 1.165) is 35.3 Å². The minimum absolute atomic E-state index is 0.0404. The highest BCUT2D eigenvalue weighted by molar-refractivity contribution is 6.31. The molecule has 0 aliphatic carbocycles. The Balaban J connectivity index is 1.79. The topological polar surface area (TPSA) is 57.8 Å². The van der Waals surface area contributed by atoms with Gasteiger partial charge in [-0.15, -0.1) is 0 Å². The van der Waals surface area contributed by atoms with E-state index in [1.54, 1.807) is 0 Å². The number of unbranched alkanes of at least 4 members (excludes halogenated alkanes) is 1. The first-order valence-corrected chi connectivity index (χ1v) is 8.09. The van der Waals surface area contributed by atoms with Crippen molar-refractivity contribution in [2.75, 3.05) is 6.54 Å². The Morgan fingerprint density at radius 1 is 1.22 bits per heavy atom. The number of nitrogens with zero attached hydrogens (tertiary/aromatic N) is 1. The largest absolute Gasteiger partial charge is 0.352 e. The fraction of sp³-hybridized carbons (Fsp3) is 0.222. The lowest BCUT2D eigenvalue weighted by molar-refractivity contribution is 0.0953. The zero-order chi connectivity index (χ0) is 16.2. The number of aromatic nitrogens is 2. The third kappa shape index (κ3) is 3.54. The molecular formula is C18H18ClN3O. The van der Waals surface area contributed by atoms with Crippen LogP contribution in [0, 0.1) is 0 Å². The summed E-state index contributed by atoms with van der Waals surface area (Å²) in [6, 6.07) is 13.0. The van der Waals surface area contributed by atoms with Crippen LogP contribution in [-0.2, 0) is 0 Å². The second-order valence-corrected chi connectivity index (χ2v) is 5.87. The summed E-state index contributed by atoms with van der Waals surface area (Å²) in [6.45, 7) is 2.81. The minimum atomic E-state index is -0.0404. The molecule has 2 N–H and O–H groups in total. The van der Waals surface area contributed by atoms with Gasteiger partial charge in [0.25, 0.3) is 5.91 Å². The maximum atomic E-state index is 12.0. The Morgan fingerprint density at radius 2 is 2.00 bits per heavy atom. The van der Waals surface area contributed by atoms with Crippen LogP contribution in [-0.4, -0.2) is 22.4 Å². The van der Waals surface area contributed by atoms with Crippen molar-refractivity contribution in [3.05, 3.63) is 53.1 Å². The van der Waals surface area contributed by atoms with Crippen LogP contribution in [0.1, 0.15) is 30.1 Å². The zero-order valence-corrected chi connectivity index (χ0v) is 13.7. The summed E-state index contributed by atoms with van der Waals surface area (Å²) in [4.78, 5) is 19.8. The Morgan fingerprint density at radius 3 is 2.74 bits per heavy atom. The van der Waals surface area contributed by atoms with Gasteiger partial charge < -0.3 is 10.3 Å². The summed E-state index contributed by atoms with van der Waals surface area (Å²) in [5, 5.41) is 3.58. The number of rotatable bonds is 5. The molecule has 0 radical (unpaired) electrons. The van der Waals surface area contributed by atoms with Crippen molar-refractivity contribution in [1.29, 1.82) is 0 Å². The summed E-state index contributed by atoms with van der Waals surface area (Å²) in [7, 11) is 0. The summed E-state index contributed by atoms with van der Waals surface area (Å²) in [5.41, 5.74) is 3.35. The summed E-state index contributed by atoms with van der Waals surface area (Å²) < 4.78 is 0. The van der Waals surface area contributed by atoms with Crippen molar-refractivity contribution in [1.82, 2.24) is 15.3 Å². The summed E-state index contributed by atoms with van der Waals surface area (Å²) in [6.07, 6.45) is 2.06. The second-order valence-electron chi connectivity index (χ2n) is 5.43. The van der Waals surface area contributed by atoms with Gasteiger partial charge in [-0.05, 0) is 36.8 Å². The highest BCUT2D eigenvalue weighted by Gasteiger charge is 2.08. The van der Waals surface area contributed by atoms with E-state index in [9.17, 15) is 4.79 Å². The van der Waals surface area contributed by atoms with Gasteiger partial charge in [0.15, 0.2) is 0 Å². The maximum absolute atomic E-state index is 12.0. The molecule has 118 valence electrons. The molecule has 0 saturated heterocycles. The number of imidazole rings is 1. The molecule has 4 nitrogen and oxygen atoms in total.